The van der Waals surface area contributed by atoms with Crippen molar-refractivity contribution in [2.75, 3.05) is 11.9 Å². The highest BCUT2D eigenvalue weighted by Crippen LogP contribution is 2.22. The predicted octanol–water partition coefficient (Wildman–Crippen LogP) is 3.98. The van der Waals surface area contributed by atoms with Crippen LogP contribution in [0.25, 0.3) is 16.9 Å². The summed E-state index contributed by atoms with van der Waals surface area (Å²) < 4.78 is 15.0. The maximum atomic E-state index is 13.2. The first-order valence-electron chi connectivity index (χ1n) is 8.53. The molecule has 4 aromatic rings. The van der Waals surface area contributed by atoms with Gasteiger partial charge in [0.25, 0.3) is 0 Å². The molecule has 26 heavy (non-hydrogen) atoms. The number of nitrogens with zero attached hydrogens (tertiary/aromatic N) is 4. The Labute approximate surface area is 150 Å². The van der Waals surface area contributed by atoms with Crippen LogP contribution < -0.4 is 5.32 Å². The van der Waals surface area contributed by atoms with Crippen LogP contribution in [0.4, 0.5) is 10.2 Å². The van der Waals surface area contributed by atoms with E-state index in [9.17, 15) is 4.39 Å². The van der Waals surface area contributed by atoms with E-state index >= 15 is 0 Å². The van der Waals surface area contributed by atoms with E-state index in [0.717, 1.165) is 42.1 Å². The highest BCUT2D eigenvalue weighted by molar-refractivity contribution is 5.66. The zero-order valence-corrected chi connectivity index (χ0v) is 14.1. The molecule has 0 aliphatic carbocycles. The average Bonchev–Trinajstić information content (AvgIpc) is 3.15. The second kappa shape index (κ2) is 7.31. The minimum atomic E-state index is -0.256. The van der Waals surface area contributed by atoms with Gasteiger partial charge < -0.3 is 5.32 Å². The number of pyridine rings is 1. The van der Waals surface area contributed by atoms with Crippen LogP contribution in [0.2, 0.25) is 0 Å². The monoisotopic (exact) mass is 347 g/mol. The maximum Gasteiger partial charge on any atom is 0.157 e. The van der Waals surface area contributed by atoms with Crippen LogP contribution in [-0.2, 0) is 6.42 Å². The summed E-state index contributed by atoms with van der Waals surface area (Å²) in [4.78, 5) is 8.64. The molecule has 0 saturated carbocycles. The number of benzene rings is 1. The second-order valence-electron chi connectivity index (χ2n) is 6.02. The number of fused-ring (bicyclic) bond motifs is 1. The smallest absolute Gasteiger partial charge is 0.157 e. The predicted molar refractivity (Wildman–Crippen MR) is 99.4 cm³/mol. The zero-order chi connectivity index (χ0) is 17.8. The first-order chi connectivity index (χ1) is 12.8. The Hall–Kier alpha value is -3.28. The SMILES string of the molecule is Fc1ccc(-c2cc(NCCCc3ccncc3)n3nccc3n2)cc1. The van der Waals surface area contributed by atoms with Crippen molar-refractivity contribution in [3.8, 4) is 11.3 Å². The first kappa shape index (κ1) is 16.2. The van der Waals surface area contributed by atoms with Gasteiger partial charge in [-0.05, 0) is 54.8 Å². The lowest BCUT2D eigenvalue weighted by atomic mass is 10.1. The van der Waals surface area contributed by atoms with Gasteiger partial charge >= 0.3 is 0 Å². The number of aryl methyl sites for hydroxylation is 1. The van der Waals surface area contributed by atoms with Crippen molar-refractivity contribution in [1.82, 2.24) is 19.6 Å². The summed E-state index contributed by atoms with van der Waals surface area (Å²) in [5, 5.41) is 7.76. The molecule has 0 amide bonds. The number of aromatic nitrogens is 4. The summed E-state index contributed by atoms with van der Waals surface area (Å²) in [7, 11) is 0. The third-order valence-electron chi connectivity index (χ3n) is 4.20. The topological polar surface area (TPSA) is 55.1 Å². The lowest BCUT2D eigenvalue weighted by Crippen LogP contribution is -2.08. The normalized spacial score (nSPS) is 11.0. The quantitative estimate of drug-likeness (QED) is 0.536. The van der Waals surface area contributed by atoms with Gasteiger partial charge in [-0.2, -0.15) is 9.61 Å². The van der Waals surface area contributed by atoms with Crippen molar-refractivity contribution in [3.05, 3.63) is 78.5 Å². The molecule has 5 nitrogen and oxygen atoms in total. The number of hydrogen-bond acceptors (Lipinski definition) is 4. The fourth-order valence-electron chi connectivity index (χ4n) is 2.87. The molecule has 1 aromatic carbocycles. The Kier molecular flexibility index (Phi) is 4.55. The van der Waals surface area contributed by atoms with Gasteiger partial charge in [-0.25, -0.2) is 9.37 Å². The van der Waals surface area contributed by atoms with Crippen molar-refractivity contribution >= 4 is 11.5 Å². The van der Waals surface area contributed by atoms with E-state index in [-0.39, 0.29) is 5.82 Å². The van der Waals surface area contributed by atoms with Gasteiger partial charge in [0.05, 0.1) is 11.9 Å². The number of rotatable bonds is 6. The van der Waals surface area contributed by atoms with Crippen LogP contribution in [0, 0.1) is 5.82 Å². The summed E-state index contributed by atoms with van der Waals surface area (Å²) in [6.07, 6.45) is 7.31. The molecular formula is C20H18FN5. The highest BCUT2D eigenvalue weighted by atomic mass is 19.1. The molecule has 4 rings (SSSR count). The van der Waals surface area contributed by atoms with Crippen LogP contribution in [0.1, 0.15) is 12.0 Å². The van der Waals surface area contributed by atoms with Crippen LogP contribution in [0.3, 0.4) is 0 Å². The summed E-state index contributed by atoms with van der Waals surface area (Å²) in [6, 6.07) is 14.2. The van der Waals surface area contributed by atoms with Gasteiger partial charge in [-0.15, -0.1) is 0 Å². The third kappa shape index (κ3) is 3.54. The number of nitrogens with one attached hydrogen (secondary N) is 1. The molecule has 130 valence electrons. The van der Waals surface area contributed by atoms with Gasteiger partial charge in [-0.1, -0.05) is 0 Å². The average molecular weight is 347 g/mol. The molecule has 0 unspecified atom stereocenters. The van der Waals surface area contributed by atoms with Gasteiger partial charge in [0.1, 0.15) is 11.6 Å². The van der Waals surface area contributed by atoms with Crippen molar-refractivity contribution in [1.29, 1.82) is 0 Å². The molecule has 0 aliphatic rings. The second-order valence-corrected chi connectivity index (χ2v) is 6.02. The Bertz CT molecular complexity index is 996. The summed E-state index contributed by atoms with van der Waals surface area (Å²) in [6.45, 7) is 0.810. The molecule has 3 heterocycles. The van der Waals surface area contributed by atoms with E-state index < -0.39 is 0 Å². The summed E-state index contributed by atoms with van der Waals surface area (Å²) >= 11 is 0. The first-order valence-corrected chi connectivity index (χ1v) is 8.53. The van der Waals surface area contributed by atoms with Crippen molar-refractivity contribution in [3.63, 3.8) is 0 Å². The van der Waals surface area contributed by atoms with Crippen LogP contribution in [0.5, 0.6) is 0 Å². The number of halogens is 1. The summed E-state index contributed by atoms with van der Waals surface area (Å²) in [5.41, 5.74) is 3.68. The fourth-order valence-corrected chi connectivity index (χ4v) is 2.87. The van der Waals surface area contributed by atoms with E-state index in [1.54, 1.807) is 22.8 Å². The number of hydrogen-bond donors (Lipinski definition) is 1. The lowest BCUT2D eigenvalue weighted by molar-refractivity contribution is 0.628. The molecule has 0 bridgehead atoms. The third-order valence-corrected chi connectivity index (χ3v) is 4.20. The van der Waals surface area contributed by atoms with Gasteiger partial charge in [0.15, 0.2) is 5.65 Å². The van der Waals surface area contributed by atoms with Crippen LogP contribution >= 0.6 is 0 Å². The van der Waals surface area contributed by atoms with Gasteiger partial charge in [0, 0.05) is 36.6 Å². The molecule has 0 fully saturated rings. The van der Waals surface area contributed by atoms with E-state index in [4.69, 9.17) is 0 Å². The minimum absolute atomic E-state index is 0.256. The Balaban J connectivity index is 1.52. The molecule has 0 atom stereocenters. The van der Waals surface area contributed by atoms with Crippen molar-refractivity contribution in [2.24, 2.45) is 0 Å². The molecule has 0 spiro atoms. The fraction of sp³-hybridized carbons (Fsp3) is 0.150. The molecular weight excluding hydrogens is 329 g/mol. The Morgan fingerprint density at radius 1 is 0.962 bits per heavy atom. The van der Waals surface area contributed by atoms with Crippen LogP contribution in [-0.4, -0.2) is 26.1 Å². The van der Waals surface area contributed by atoms with E-state index in [0.29, 0.717) is 0 Å². The van der Waals surface area contributed by atoms with E-state index in [1.807, 2.05) is 36.7 Å². The van der Waals surface area contributed by atoms with E-state index in [2.05, 4.69) is 20.4 Å². The highest BCUT2D eigenvalue weighted by Gasteiger charge is 2.08. The Morgan fingerprint density at radius 3 is 2.58 bits per heavy atom. The van der Waals surface area contributed by atoms with Crippen molar-refractivity contribution in [2.45, 2.75) is 12.8 Å². The van der Waals surface area contributed by atoms with E-state index in [1.165, 1.54) is 17.7 Å². The molecule has 0 aliphatic heterocycles. The maximum absolute atomic E-state index is 13.2. The largest absolute Gasteiger partial charge is 0.370 e. The minimum Gasteiger partial charge on any atom is -0.370 e. The molecule has 6 heteroatoms. The standard InChI is InChI=1S/C20H18FN5/c21-17-5-3-16(4-6-17)18-14-20(26-19(25-18)9-13-24-26)23-10-1-2-15-7-11-22-12-8-15/h3-9,11-14,23H,1-2,10H2. The number of anilines is 1. The van der Waals surface area contributed by atoms with Gasteiger partial charge in [-0.3, -0.25) is 4.98 Å². The van der Waals surface area contributed by atoms with Crippen LogP contribution in [0.15, 0.2) is 67.1 Å². The Morgan fingerprint density at radius 2 is 1.77 bits per heavy atom. The molecule has 0 saturated heterocycles. The molecule has 0 radical (unpaired) electrons. The zero-order valence-electron chi connectivity index (χ0n) is 14.1. The molecule has 1 N–H and O–H groups in total. The van der Waals surface area contributed by atoms with Gasteiger partial charge in [0.2, 0.25) is 0 Å². The lowest BCUT2D eigenvalue weighted by Gasteiger charge is -2.11. The van der Waals surface area contributed by atoms with Crippen molar-refractivity contribution < 1.29 is 4.39 Å². The summed E-state index contributed by atoms with van der Waals surface area (Å²) in [5.74, 6) is 0.614. The molecule has 3 aromatic heterocycles.